The van der Waals surface area contributed by atoms with E-state index in [4.69, 9.17) is 10.2 Å². The van der Waals surface area contributed by atoms with E-state index in [0.717, 1.165) is 14.2 Å². The predicted octanol–water partition coefficient (Wildman–Crippen LogP) is 5.08. The number of benzene rings is 4. The summed E-state index contributed by atoms with van der Waals surface area (Å²) in [7, 11) is 1.50. The van der Waals surface area contributed by atoms with E-state index in [1.54, 1.807) is 22.3 Å². The Labute approximate surface area is 210 Å². The first-order chi connectivity index (χ1) is 16.8. The molecule has 0 unspecified atom stereocenters. The molecule has 0 saturated heterocycles. The number of hydrogen-bond donors (Lipinski definition) is 0. The molecule has 34 heavy (non-hydrogen) atoms. The summed E-state index contributed by atoms with van der Waals surface area (Å²) >= 11 is -1.59. The second kappa shape index (κ2) is 11.0. The van der Waals surface area contributed by atoms with Gasteiger partial charge in [0.05, 0.1) is 0 Å². The summed E-state index contributed by atoms with van der Waals surface area (Å²) in [6.07, 6.45) is 0. The van der Waals surface area contributed by atoms with Crippen molar-refractivity contribution in [2.75, 3.05) is 14.2 Å². The maximum atomic E-state index is 8.25. The third-order valence-corrected chi connectivity index (χ3v) is 21.4. The standard InChI is InChI=1S/2C13H9.C2H7Si.2CH3O.Ti/c2*1-3-7-12-10(5-1)9-11-6-2-4-8-13(11)12;1-3-2;2*1-2;/h2*1-9H;3H,1-2H3;2*1H3;/q;;;2*-1;+2. The Morgan fingerprint density at radius 3 is 0.941 bits per heavy atom. The van der Waals surface area contributed by atoms with Gasteiger partial charge >= 0.3 is 187 Å². The third-order valence-electron chi connectivity index (χ3n) is 7.00. The molecule has 2 aliphatic carbocycles. The molecule has 4 aromatic rings. The fraction of sp³-hybridized carbons (Fsp3) is 0.200. The van der Waals surface area contributed by atoms with E-state index in [-0.39, 0.29) is 0 Å². The van der Waals surface area contributed by atoms with Crippen LogP contribution in [0.3, 0.4) is 0 Å². The maximum absolute atomic E-state index is 8.25. The molecule has 0 heterocycles. The van der Waals surface area contributed by atoms with Crippen molar-refractivity contribution in [1.82, 2.24) is 0 Å². The molecule has 0 fully saturated rings. The van der Waals surface area contributed by atoms with Crippen molar-refractivity contribution in [2.45, 2.75) is 21.5 Å². The first-order valence-electron chi connectivity index (χ1n) is 11.8. The van der Waals surface area contributed by atoms with E-state index >= 15 is 0 Å². The molecule has 0 aliphatic heterocycles. The topological polar surface area (TPSA) is 46.1 Å². The van der Waals surface area contributed by atoms with Gasteiger partial charge in [0.2, 0.25) is 0 Å². The van der Waals surface area contributed by atoms with Crippen molar-refractivity contribution < 1.29 is 27.3 Å². The molecule has 0 spiro atoms. The molecule has 0 radical (unpaired) electrons. The Morgan fingerprint density at radius 2 is 0.706 bits per heavy atom. The van der Waals surface area contributed by atoms with E-state index < -0.39 is 23.8 Å². The molecule has 0 N–H and O–H groups in total. The fourth-order valence-corrected chi connectivity index (χ4v) is 20.7. The van der Waals surface area contributed by atoms with Crippen molar-refractivity contribution in [3.05, 3.63) is 119 Å². The zero-order valence-electron chi connectivity index (χ0n) is 20.3. The van der Waals surface area contributed by atoms with Crippen LogP contribution in [0.15, 0.2) is 97.1 Å². The van der Waals surface area contributed by atoms with Gasteiger partial charge in [-0.3, -0.25) is 0 Å². The molecule has 0 amide bonds. The van der Waals surface area contributed by atoms with E-state index in [2.05, 4.69) is 110 Å². The molecule has 2 aliphatic rings. The van der Waals surface area contributed by atoms with Crippen LogP contribution in [0.4, 0.5) is 0 Å². The third kappa shape index (κ3) is 4.06. The van der Waals surface area contributed by atoms with Gasteiger partial charge < -0.3 is 10.2 Å². The van der Waals surface area contributed by atoms with Gasteiger partial charge in [-0.1, -0.05) is 0 Å². The zero-order valence-corrected chi connectivity index (χ0v) is 23.0. The van der Waals surface area contributed by atoms with E-state index in [0.29, 0.717) is 8.45 Å². The Kier molecular flexibility index (Phi) is 8.03. The van der Waals surface area contributed by atoms with Crippen LogP contribution < -0.4 is 10.2 Å². The molecule has 0 saturated carbocycles. The van der Waals surface area contributed by atoms with Crippen molar-refractivity contribution in [3.63, 3.8) is 0 Å². The number of hydrogen-bond acceptors (Lipinski definition) is 2. The monoisotopic (exact) mass is 499 g/mol. The van der Waals surface area contributed by atoms with Crippen LogP contribution in [0.5, 0.6) is 0 Å². The van der Waals surface area contributed by atoms with Gasteiger partial charge in [0.1, 0.15) is 0 Å². The van der Waals surface area contributed by atoms with Crippen LogP contribution in [0.2, 0.25) is 13.1 Å². The van der Waals surface area contributed by atoms with Crippen LogP contribution in [0.1, 0.15) is 30.7 Å². The Morgan fingerprint density at radius 1 is 0.471 bits per heavy atom. The zero-order chi connectivity index (χ0) is 24.2. The minimum absolute atomic E-state index is 0.647. The summed E-state index contributed by atoms with van der Waals surface area (Å²) in [4.78, 5) is 0. The van der Waals surface area contributed by atoms with Crippen molar-refractivity contribution in [1.29, 1.82) is 0 Å². The minimum atomic E-state index is -1.59. The second-order valence-corrected chi connectivity index (χ2v) is 22.7. The Bertz CT molecular complexity index is 1080. The van der Waals surface area contributed by atoms with Gasteiger partial charge in [-0.25, -0.2) is 0 Å². The average Bonchev–Trinajstić information content (AvgIpc) is 3.41. The predicted molar refractivity (Wildman–Crippen MR) is 138 cm³/mol. The van der Waals surface area contributed by atoms with Crippen LogP contribution in [-0.4, -0.2) is 20.9 Å². The van der Waals surface area contributed by atoms with Gasteiger partial charge in [0, 0.05) is 0 Å². The van der Waals surface area contributed by atoms with Crippen molar-refractivity contribution in [3.8, 4) is 22.3 Å². The van der Waals surface area contributed by atoms with Gasteiger partial charge in [-0.15, -0.1) is 0 Å². The van der Waals surface area contributed by atoms with Crippen LogP contribution in [0.25, 0.3) is 22.3 Å². The molecule has 0 bridgehead atoms. The summed E-state index contributed by atoms with van der Waals surface area (Å²) in [5.41, 5.74) is 12.4. The molecule has 2 nitrogen and oxygen atoms in total. The van der Waals surface area contributed by atoms with E-state index in [1.807, 2.05) is 0 Å². The number of fused-ring (bicyclic) bond motifs is 6. The van der Waals surface area contributed by atoms with Gasteiger partial charge in [-0.05, 0) is 0 Å². The van der Waals surface area contributed by atoms with Crippen LogP contribution in [-0.2, 0) is 17.1 Å². The van der Waals surface area contributed by atoms with Gasteiger partial charge in [0.15, 0.2) is 0 Å². The van der Waals surface area contributed by atoms with Gasteiger partial charge in [-0.2, -0.15) is 14.2 Å². The summed E-state index contributed by atoms with van der Waals surface area (Å²) in [5.74, 6) is 0. The first-order valence-corrected chi connectivity index (χ1v) is 19.2. The number of rotatable bonds is 3. The molecule has 6 rings (SSSR count). The SMILES string of the molecule is C[O-].C[O-].C[SiH](C)[Ti+2]([CH]1c2ccccc2-c2ccccc21)[CH]1c2ccccc2-c2ccccc21. The Hall–Kier alpha value is -2.27. The van der Waals surface area contributed by atoms with Crippen molar-refractivity contribution in [2.24, 2.45) is 0 Å². The van der Waals surface area contributed by atoms with E-state index in [1.165, 1.54) is 22.3 Å². The molecule has 0 aromatic heterocycles. The quantitative estimate of drug-likeness (QED) is 0.369. The van der Waals surface area contributed by atoms with Crippen molar-refractivity contribution >= 4 is 6.66 Å². The van der Waals surface area contributed by atoms with Gasteiger partial charge in [0.25, 0.3) is 0 Å². The summed E-state index contributed by atoms with van der Waals surface area (Å²) < 4.78 is 1.29. The molecular weight excluding hydrogens is 468 g/mol. The van der Waals surface area contributed by atoms with Crippen LogP contribution >= 0.6 is 0 Å². The summed E-state index contributed by atoms with van der Waals surface area (Å²) in [6, 6.07) is 37.0. The average molecular weight is 500 g/mol. The normalized spacial score (nSPS) is 13.0. The van der Waals surface area contributed by atoms with Crippen LogP contribution in [0, 0.1) is 0 Å². The summed E-state index contributed by atoms with van der Waals surface area (Å²) in [5, 5.41) is 16.5. The molecule has 4 aromatic carbocycles. The fourth-order valence-electron chi connectivity index (χ4n) is 5.86. The second-order valence-electron chi connectivity index (χ2n) is 8.87. The Balaban J connectivity index is 0.000000652. The first kappa shape index (κ1) is 24.8. The molecule has 0 atom stereocenters. The molecular formula is C30H31O2SiTi. The molecule has 4 heteroatoms. The summed E-state index contributed by atoms with van der Waals surface area (Å²) in [6.45, 7) is 4.39. The van der Waals surface area contributed by atoms with E-state index in [9.17, 15) is 0 Å². The molecule has 171 valence electrons.